The molecule has 19 heavy (non-hydrogen) atoms. The van der Waals surface area contributed by atoms with E-state index in [1.54, 1.807) is 17.6 Å². The highest BCUT2D eigenvalue weighted by Crippen LogP contribution is 2.19. The molecule has 3 rings (SSSR count). The van der Waals surface area contributed by atoms with Gasteiger partial charge in [0.25, 0.3) is 0 Å². The van der Waals surface area contributed by atoms with Gasteiger partial charge in [-0.05, 0) is 45.5 Å². The summed E-state index contributed by atoms with van der Waals surface area (Å²) in [5.41, 5.74) is 4.97. The molecule has 1 aliphatic heterocycles. The molecule has 0 saturated carbocycles. The summed E-state index contributed by atoms with van der Waals surface area (Å²) in [6, 6.07) is 8.27. The lowest BCUT2D eigenvalue weighted by molar-refractivity contribution is 0.121. The second-order valence-electron chi connectivity index (χ2n) is 4.54. The molecule has 0 fully saturated rings. The minimum absolute atomic E-state index is 0.593. The Morgan fingerprint density at radius 1 is 0.947 bits per heavy atom. The van der Waals surface area contributed by atoms with Gasteiger partial charge in [0.05, 0.1) is 19.5 Å². The monoisotopic (exact) mass is 272 g/mol. The van der Waals surface area contributed by atoms with Gasteiger partial charge in [0, 0.05) is 0 Å². The van der Waals surface area contributed by atoms with E-state index in [0.717, 1.165) is 13.0 Å². The number of hydrogen-bond acceptors (Lipinski definition) is 3. The zero-order valence-electron chi connectivity index (χ0n) is 10.7. The van der Waals surface area contributed by atoms with Gasteiger partial charge < -0.3 is 9.47 Å². The zero-order chi connectivity index (χ0) is 12.9. The first-order valence-corrected chi connectivity index (χ1v) is 7.35. The van der Waals surface area contributed by atoms with Gasteiger partial charge in [0.1, 0.15) is 6.61 Å². The molecule has 0 spiro atoms. The van der Waals surface area contributed by atoms with Crippen molar-refractivity contribution in [2.45, 2.75) is 19.6 Å². The van der Waals surface area contributed by atoms with Gasteiger partial charge in [-0.2, -0.15) is 11.3 Å². The van der Waals surface area contributed by atoms with Crippen LogP contribution < -0.4 is 0 Å². The van der Waals surface area contributed by atoms with E-state index < -0.39 is 0 Å². The molecular formula is C16H16O2S. The molecule has 0 radical (unpaired) electrons. The van der Waals surface area contributed by atoms with Crippen LogP contribution in [0.3, 0.4) is 0 Å². The largest absolute Gasteiger partial charge is 0.496 e. The van der Waals surface area contributed by atoms with E-state index in [1.807, 2.05) is 18.2 Å². The van der Waals surface area contributed by atoms with Crippen LogP contribution in [-0.4, -0.2) is 6.61 Å². The first-order chi connectivity index (χ1) is 9.43. The van der Waals surface area contributed by atoms with Crippen molar-refractivity contribution in [3.8, 4) is 0 Å². The Labute approximate surface area is 117 Å². The summed E-state index contributed by atoms with van der Waals surface area (Å²) in [7, 11) is 0. The Balaban J connectivity index is 1.81. The van der Waals surface area contributed by atoms with Crippen molar-refractivity contribution in [2.24, 2.45) is 0 Å². The molecule has 2 aromatic rings. The van der Waals surface area contributed by atoms with E-state index >= 15 is 0 Å². The predicted octanol–water partition coefficient (Wildman–Crippen LogP) is 4.01. The summed E-state index contributed by atoms with van der Waals surface area (Å²) in [6.45, 7) is 2.00. The van der Waals surface area contributed by atoms with E-state index in [9.17, 15) is 0 Å². The van der Waals surface area contributed by atoms with Crippen LogP contribution in [0.15, 0.2) is 41.3 Å². The highest BCUT2D eigenvalue weighted by Gasteiger charge is 2.05. The first-order valence-electron chi connectivity index (χ1n) is 6.41. The van der Waals surface area contributed by atoms with Crippen LogP contribution in [0.4, 0.5) is 0 Å². The van der Waals surface area contributed by atoms with Crippen molar-refractivity contribution in [2.75, 3.05) is 6.61 Å². The number of benzene rings is 1. The van der Waals surface area contributed by atoms with E-state index in [0.29, 0.717) is 13.2 Å². The second-order valence-corrected chi connectivity index (χ2v) is 5.28. The molecule has 0 aliphatic carbocycles. The van der Waals surface area contributed by atoms with Crippen LogP contribution in [0, 0.1) is 0 Å². The molecule has 98 valence electrons. The van der Waals surface area contributed by atoms with Crippen LogP contribution in [-0.2, 0) is 29.1 Å². The fourth-order valence-corrected chi connectivity index (χ4v) is 3.01. The Morgan fingerprint density at radius 3 is 2.68 bits per heavy atom. The SMILES string of the molecule is C1=C/c2cscc2CCOCc2ccccc2CO/1. The van der Waals surface area contributed by atoms with Crippen LogP contribution in [0.2, 0.25) is 0 Å². The third-order valence-electron chi connectivity index (χ3n) is 3.25. The van der Waals surface area contributed by atoms with Gasteiger partial charge in [0.15, 0.2) is 0 Å². The van der Waals surface area contributed by atoms with Crippen molar-refractivity contribution >= 4 is 17.4 Å². The fraction of sp³-hybridized carbons (Fsp3) is 0.250. The number of thiophene rings is 1. The average molecular weight is 272 g/mol. The molecule has 0 N–H and O–H groups in total. The summed E-state index contributed by atoms with van der Waals surface area (Å²) >= 11 is 1.72. The number of ether oxygens (including phenoxy) is 2. The molecule has 1 aromatic heterocycles. The lowest BCUT2D eigenvalue weighted by Crippen LogP contribution is -2.03. The van der Waals surface area contributed by atoms with Crippen molar-refractivity contribution in [1.29, 1.82) is 0 Å². The molecule has 3 heteroatoms. The number of fused-ring (bicyclic) bond motifs is 2. The molecule has 1 aliphatic rings. The third kappa shape index (κ3) is 3.06. The van der Waals surface area contributed by atoms with Gasteiger partial charge in [-0.25, -0.2) is 0 Å². The number of hydrogen-bond donors (Lipinski definition) is 0. The summed E-state index contributed by atoms with van der Waals surface area (Å²) in [5, 5.41) is 4.33. The predicted molar refractivity (Wildman–Crippen MR) is 77.9 cm³/mol. The van der Waals surface area contributed by atoms with Crippen molar-refractivity contribution in [3.05, 3.63) is 63.5 Å². The van der Waals surface area contributed by atoms with E-state index in [1.165, 1.54) is 22.3 Å². The average Bonchev–Trinajstić information content (AvgIpc) is 2.87. The molecule has 0 saturated heterocycles. The molecular weight excluding hydrogens is 256 g/mol. The summed E-state index contributed by atoms with van der Waals surface area (Å²) < 4.78 is 11.4. The smallest absolute Gasteiger partial charge is 0.113 e. The van der Waals surface area contributed by atoms with E-state index in [-0.39, 0.29) is 0 Å². The van der Waals surface area contributed by atoms with Gasteiger partial charge in [0.2, 0.25) is 0 Å². The van der Waals surface area contributed by atoms with E-state index in [4.69, 9.17) is 9.47 Å². The van der Waals surface area contributed by atoms with Crippen LogP contribution >= 0.6 is 11.3 Å². The maximum atomic E-state index is 5.78. The van der Waals surface area contributed by atoms with Gasteiger partial charge in [-0.3, -0.25) is 0 Å². The minimum Gasteiger partial charge on any atom is -0.496 e. The molecule has 1 aromatic carbocycles. The Morgan fingerprint density at radius 2 is 1.79 bits per heavy atom. The first kappa shape index (κ1) is 12.5. The molecule has 2 heterocycles. The standard InChI is InChI=1S/C16H16O2S/c1-2-4-14-10-18-8-6-16-12-19-11-15(16)5-7-17-9-13(14)3-1/h1-5,7,11-12H,6,8-10H2/b7-5+. The maximum absolute atomic E-state index is 5.78. The Bertz CT molecular complexity index is 572. The fourth-order valence-electron chi connectivity index (χ4n) is 2.15. The lowest BCUT2D eigenvalue weighted by atomic mass is 10.1. The van der Waals surface area contributed by atoms with Crippen LogP contribution in [0.1, 0.15) is 22.3 Å². The molecule has 2 nitrogen and oxygen atoms in total. The summed E-state index contributed by atoms with van der Waals surface area (Å²) in [6.07, 6.45) is 4.78. The highest BCUT2D eigenvalue weighted by molar-refractivity contribution is 7.08. The van der Waals surface area contributed by atoms with Crippen molar-refractivity contribution in [1.82, 2.24) is 0 Å². The minimum atomic E-state index is 0.593. The maximum Gasteiger partial charge on any atom is 0.113 e. The quantitative estimate of drug-likeness (QED) is 0.721. The third-order valence-corrected chi connectivity index (χ3v) is 4.06. The van der Waals surface area contributed by atoms with Gasteiger partial charge >= 0.3 is 0 Å². The van der Waals surface area contributed by atoms with Gasteiger partial charge in [-0.15, -0.1) is 0 Å². The molecule has 0 bridgehead atoms. The van der Waals surface area contributed by atoms with Crippen LogP contribution in [0.25, 0.3) is 6.08 Å². The molecule has 0 amide bonds. The Hall–Kier alpha value is -1.58. The van der Waals surface area contributed by atoms with Gasteiger partial charge in [-0.1, -0.05) is 24.3 Å². The number of rotatable bonds is 0. The summed E-state index contributed by atoms with van der Waals surface area (Å²) in [4.78, 5) is 0. The van der Waals surface area contributed by atoms with Crippen molar-refractivity contribution in [3.63, 3.8) is 0 Å². The molecule has 0 unspecified atom stereocenters. The normalized spacial score (nSPS) is 17.3. The summed E-state index contributed by atoms with van der Waals surface area (Å²) in [5.74, 6) is 0. The van der Waals surface area contributed by atoms with E-state index in [2.05, 4.69) is 22.9 Å². The second kappa shape index (κ2) is 6.04. The zero-order valence-corrected chi connectivity index (χ0v) is 11.5. The van der Waals surface area contributed by atoms with Crippen LogP contribution in [0.5, 0.6) is 0 Å². The highest BCUT2D eigenvalue weighted by atomic mass is 32.1. The molecule has 0 atom stereocenters. The topological polar surface area (TPSA) is 18.5 Å². The lowest BCUT2D eigenvalue weighted by Gasteiger charge is -2.11. The van der Waals surface area contributed by atoms with Crippen molar-refractivity contribution < 1.29 is 9.47 Å². The Kier molecular flexibility index (Phi) is 3.96.